The molecule has 1 amide bonds. The number of hydrogen-bond donors (Lipinski definition) is 1. The highest BCUT2D eigenvalue weighted by molar-refractivity contribution is 5.84. The lowest BCUT2D eigenvalue weighted by atomic mass is 9.84. The maximum Gasteiger partial charge on any atom is 0.249 e. The van der Waals surface area contributed by atoms with Gasteiger partial charge in [0.25, 0.3) is 0 Å². The maximum atomic E-state index is 13.0. The number of rotatable bonds is 3. The van der Waals surface area contributed by atoms with E-state index in [1.807, 2.05) is 42.7 Å². The summed E-state index contributed by atoms with van der Waals surface area (Å²) >= 11 is 0. The van der Waals surface area contributed by atoms with E-state index in [0.29, 0.717) is 13.2 Å². The maximum absolute atomic E-state index is 13.0. The van der Waals surface area contributed by atoms with Crippen molar-refractivity contribution in [1.82, 2.24) is 19.9 Å². The zero-order valence-corrected chi connectivity index (χ0v) is 17.8. The smallest absolute Gasteiger partial charge is 0.249 e. The zero-order chi connectivity index (χ0) is 21.5. The number of carbonyl (C=O) groups excluding carboxylic acids is 1. The first-order chi connectivity index (χ1) is 15.7. The first-order valence-corrected chi connectivity index (χ1v) is 11.1. The summed E-state index contributed by atoms with van der Waals surface area (Å²) in [6, 6.07) is 16.3. The molecule has 7 heteroatoms. The lowest BCUT2D eigenvalue weighted by Crippen LogP contribution is -2.63. The predicted molar refractivity (Wildman–Crippen MR) is 123 cm³/mol. The van der Waals surface area contributed by atoms with Crippen molar-refractivity contribution < 1.29 is 9.53 Å². The molecule has 2 aliphatic heterocycles. The third-order valence-corrected chi connectivity index (χ3v) is 6.94. The number of anilines is 1. The first kappa shape index (κ1) is 19.3. The quantitative estimate of drug-likeness (QED) is 0.542. The van der Waals surface area contributed by atoms with Gasteiger partial charge in [0.2, 0.25) is 5.91 Å². The van der Waals surface area contributed by atoms with Crippen LogP contribution in [-0.4, -0.2) is 57.6 Å². The van der Waals surface area contributed by atoms with Crippen molar-refractivity contribution in [3.63, 3.8) is 0 Å². The number of carbonyl (C=O) groups is 1. The second kappa shape index (κ2) is 7.60. The van der Waals surface area contributed by atoms with Gasteiger partial charge in [0.15, 0.2) is 0 Å². The van der Waals surface area contributed by atoms with E-state index in [1.165, 1.54) is 10.9 Å². The normalized spacial score (nSPS) is 18.7. The second-order valence-corrected chi connectivity index (χ2v) is 8.76. The highest BCUT2D eigenvalue weighted by atomic mass is 16.5. The van der Waals surface area contributed by atoms with Crippen molar-refractivity contribution in [2.45, 2.75) is 24.9 Å². The summed E-state index contributed by atoms with van der Waals surface area (Å²) < 4.78 is 5.77. The van der Waals surface area contributed by atoms with E-state index in [1.54, 1.807) is 0 Å². The SMILES string of the molecule is O=C1COCC2(CCN(c3cnc4ccccc4n3)CC2)N1Cc1cccc2[nH]ccc12. The van der Waals surface area contributed by atoms with Gasteiger partial charge in [-0.3, -0.25) is 9.78 Å². The number of aromatic amines is 1. The number of ether oxygens (including phenoxy) is 1. The van der Waals surface area contributed by atoms with Gasteiger partial charge in [0, 0.05) is 36.7 Å². The largest absolute Gasteiger partial charge is 0.369 e. The summed E-state index contributed by atoms with van der Waals surface area (Å²) in [6.45, 7) is 2.97. The number of aromatic nitrogens is 3. The molecule has 2 aromatic carbocycles. The molecule has 1 spiro atoms. The van der Waals surface area contributed by atoms with Crippen LogP contribution in [0.25, 0.3) is 21.9 Å². The van der Waals surface area contributed by atoms with E-state index in [2.05, 4.69) is 38.0 Å². The topological polar surface area (TPSA) is 74.3 Å². The summed E-state index contributed by atoms with van der Waals surface area (Å²) in [5.74, 6) is 0.966. The molecular formula is C25H25N5O2. The molecule has 2 fully saturated rings. The average Bonchev–Trinajstić information content (AvgIpc) is 3.32. The van der Waals surface area contributed by atoms with Crippen LogP contribution in [0, 0.1) is 0 Å². The number of piperidine rings is 1. The monoisotopic (exact) mass is 427 g/mol. The van der Waals surface area contributed by atoms with Crippen LogP contribution in [0.4, 0.5) is 5.82 Å². The van der Waals surface area contributed by atoms with E-state index in [9.17, 15) is 4.79 Å². The summed E-state index contributed by atoms with van der Waals surface area (Å²) in [6.07, 6.45) is 5.49. The minimum Gasteiger partial charge on any atom is -0.369 e. The molecule has 0 radical (unpaired) electrons. The van der Waals surface area contributed by atoms with Gasteiger partial charge < -0.3 is 19.5 Å². The fourth-order valence-electron chi connectivity index (χ4n) is 5.13. The van der Waals surface area contributed by atoms with Crippen molar-refractivity contribution in [1.29, 1.82) is 0 Å². The number of morpholine rings is 1. The highest BCUT2D eigenvalue weighted by Crippen LogP contribution is 2.35. The number of fused-ring (bicyclic) bond motifs is 2. The van der Waals surface area contributed by atoms with Crippen molar-refractivity contribution in [2.75, 3.05) is 31.2 Å². The van der Waals surface area contributed by atoms with Gasteiger partial charge in [-0.2, -0.15) is 0 Å². The Kier molecular flexibility index (Phi) is 4.57. The highest BCUT2D eigenvalue weighted by Gasteiger charge is 2.45. The fourth-order valence-corrected chi connectivity index (χ4v) is 5.13. The van der Waals surface area contributed by atoms with E-state index >= 15 is 0 Å². The number of amides is 1. The van der Waals surface area contributed by atoms with Crippen LogP contribution < -0.4 is 4.90 Å². The molecule has 4 aromatic rings. The summed E-state index contributed by atoms with van der Waals surface area (Å²) in [5.41, 5.74) is 3.79. The molecule has 1 N–H and O–H groups in total. The average molecular weight is 428 g/mol. The molecule has 0 bridgehead atoms. The molecular weight excluding hydrogens is 402 g/mol. The molecule has 0 atom stereocenters. The Morgan fingerprint density at radius 1 is 1.03 bits per heavy atom. The summed E-state index contributed by atoms with van der Waals surface area (Å²) in [7, 11) is 0. The van der Waals surface area contributed by atoms with Crippen molar-refractivity contribution in [2.24, 2.45) is 0 Å². The Bertz CT molecular complexity index is 1290. The molecule has 2 saturated heterocycles. The number of nitrogens with one attached hydrogen (secondary N) is 1. The molecule has 2 aliphatic rings. The standard InChI is InChI=1S/C25H25N5O2/c31-24-16-32-17-25(30(24)15-18-4-3-7-20-19(18)8-11-26-20)9-12-29(13-10-25)23-14-27-21-5-1-2-6-22(21)28-23/h1-8,11,14,26H,9-10,12-13,15-17H2. The molecule has 0 unspecified atom stereocenters. The van der Waals surface area contributed by atoms with Gasteiger partial charge >= 0.3 is 0 Å². The number of hydrogen-bond acceptors (Lipinski definition) is 5. The first-order valence-electron chi connectivity index (χ1n) is 11.1. The van der Waals surface area contributed by atoms with Crippen molar-refractivity contribution >= 4 is 33.7 Å². The molecule has 4 heterocycles. The molecule has 2 aromatic heterocycles. The van der Waals surface area contributed by atoms with E-state index in [0.717, 1.165) is 48.3 Å². The van der Waals surface area contributed by atoms with Gasteiger partial charge in [-0.15, -0.1) is 0 Å². The minimum atomic E-state index is -0.283. The Labute approximate surface area is 186 Å². The van der Waals surface area contributed by atoms with Crippen LogP contribution in [0.2, 0.25) is 0 Å². The van der Waals surface area contributed by atoms with E-state index in [-0.39, 0.29) is 18.1 Å². The lowest BCUT2D eigenvalue weighted by Gasteiger charge is -2.51. The van der Waals surface area contributed by atoms with E-state index in [4.69, 9.17) is 9.72 Å². The van der Waals surface area contributed by atoms with Crippen molar-refractivity contribution in [3.8, 4) is 0 Å². The third kappa shape index (κ3) is 3.20. The van der Waals surface area contributed by atoms with Crippen LogP contribution >= 0.6 is 0 Å². The number of nitrogens with zero attached hydrogens (tertiary/aromatic N) is 4. The number of H-pyrrole nitrogens is 1. The zero-order valence-electron chi connectivity index (χ0n) is 17.8. The fraction of sp³-hybridized carbons (Fsp3) is 0.320. The van der Waals surface area contributed by atoms with Crippen LogP contribution in [-0.2, 0) is 16.1 Å². The summed E-state index contributed by atoms with van der Waals surface area (Å²) in [4.78, 5) is 30.0. The van der Waals surface area contributed by atoms with Crippen LogP contribution in [0.5, 0.6) is 0 Å². The summed E-state index contributed by atoms with van der Waals surface area (Å²) in [5, 5.41) is 1.17. The molecule has 0 saturated carbocycles. The van der Waals surface area contributed by atoms with E-state index < -0.39 is 0 Å². The lowest BCUT2D eigenvalue weighted by molar-refractivity contribution is -0.161. The molecule has 0 aliphatic carbocycles. The van der Waals surface area contributed by atoms with Crippen molar-refractivity contribution in [3.05, 3.63) is 66.5 Å². The predicted octanol–water partition coefficient (Wildman–Crippen LogP) is 3.51. The minimum absolute atomic E-state index is 0.0720. The third-order valence-electron chi connectivity index (χ3n) is 6.94. The Hall–Kier alpha value is -3.45. The molecule has 162 valence electrons. The van der Waals surface area contributed by atoms with Crippen LogP contribution in [0.15, 0.2) is 60.9 Å². The van der Waals surface area contributed by atoms with Gasteiger partial charge in [-0.1, -0.05) is 24.3 Å². The van der Waals surface area contributed by atoms with Gasteiger partial charge in [-0.25, -0.2) is 4.98 Å². The Morgan fingerprint density at radius 3 is 2.75 bits per heavy atom. The Balaban J connectivity index is 1.25. The van der Waals surface area contributed by atoms with Crippen LogP contribution in [0.1, 0.15) is 18.4 Å². The van der Waals surface area contributed by atoms with Gasteiger partial charge in [0.1, 0.15) is 12.4 Å². The van der Waals surface area contributed by atoms with Gasteiger partial charge in [0.05, 0.1) is 29.4 Å². The van der Waals surface area contributed by atoms with Gasteiger partial charge in [-0.05, 0) is 42.7 Å². The molecule has 7 nitrogen and oxygen atoms in total. The number of para-hydroxylation sites is 2. The molecule has 6 rings (SSSR count). The van der Waals surface area contributed by atoms with Crippen LogP contribution in [0.3, 0.4) is 0 Å². The second-order valence-electron chi connectivity index (χ2n) is 8.76. The number of benzene rings is 2. The molecule has 32 heavy (non-hydrogen) atoms. The Morgan fingerprint density at radius 2 is 1.88 bits per heavy atom.